The number of hydrogen-bond donors (Lipinski definition) is 4. The summed E-state index contributed by atoms with van der Waals surface area (Å²) in [7, 11) is 0. The number of rotatable bonds is 18. The number of ether oxygens (including phenoxy) is 2. The third-order valence-corrected chi connectivity index (χ3v) is 13.8. The summed E-state index contributed by atoms with van der Waals surface area (Å²) in [5, 5.41) is 27.2. The normalized spacial score (nSPS) is 23.2. The van der Waals surface area contributed by atoms with Gasteiger partial charge in [0.15, 0.2) is 0 Å². The molecule has 1 spiro atoms. The van der Waals surface area contributed by atoms with Crippen LogP contribution < -0.4 is 20.1 Å². The summed E-state index contributed by atoms with van der Waals surface area (Å²) in [5.74, 6) is 0.184. The molecule has 0 radical (unpaired) electrons. The highest BCUT2D eigenvalue weighted by atomic mass is 35.5. The number of fused-ring (bicyclic) bond motifs is 3. The summed E-state index contributed by atoms with van der Waals surface area (Å²) >= 11 is 6.31. The Hall–Kier alpha value is -5.09. The van der Waals surface area contributed by atoms with Crippen LogP contribution in [0.5, 0.6) is 11.5 Å². The van der Waals surface area contributed by atoms with E-state index in [1.54, 1.807) is 12.1 Å². The lowest BCUT2D eigenvalue weighted by molar-refractivity contribution is -0.144. The summed E-state index contributed by atoms with van der Waals surface area (Å²) in [5.41, 5.74) is 5.19. The van der Waals surface area contributed by atoms with Crippen LogP contribution in [0, 0.1) is 17.8 Å². The van der Waals surface area contributed by atoms with Crippen LogP contribution in [0.1, 0.15) is 112 Å². The molecule has 10 nitrogen and oxygen atoms in total. The van der Waals surface area contributed by atoms with E-state index in [2.05, 4.69) is 41.6 Å². The number of amides is 1. The van der Waals surface area contributed by atoms with Gasteiger partial charge >= 0.3 is 11.9 Å². The molecule has 3 aromatic carbocycles. The van der Waals surface area contributed by atoms with Crippen molar-refractivity contribution in [2.24, 2.45) is 17.8 Å². The fourth-order valence-electron chi connectivity index (χ4n) is 10.2. The van der Waals surface area contributed by atoms with Gasteiger partial charge in [0.2, 0.25) is 5.91 Å². The number of aryl methyl sites for hydroxylation is 2. The molecule has 4 N–H and O–H groups in total. The van der Waals surface area contributed by atoms with Gasteiger partial charge in [0.1, 0.15) is 23.1 Å². The van der Waals surface area contributed by atoms with E-state index < -0.39 is 23.5 Å². The minimum absolute atomic E-state index is 0.129. The third-order valence-electron chi connectivity index (χ3n) is 13.5. The number of carboxylic acids is 2. The Bertz CT molecular complexity index is 2170. The first kappa shape index (κ1) is 44.0. The number of nitrogens with zero attached hydrogens (tertiary/aromatic N) is 1. The number of aliphatic carboxylic acids is 2. The second-order valence-electron chi connectivity index (χ2n) is 18.1. The molecule has 1 amide bonds. The maximum absolute atomic E-state index is 13.1. The Kier molecular flexibility index (Phi) is 13.9. The number of nitrogens with one attached hydrogen (secondary N) is 2. The van der Waals surface area contributed by atoms with Crippen molar-refractivity contribution in [3.05, 3.63) is 118 Å². The predicted octanol–water partition coefficient (Wildman–Crippen LogP) is 9.81. The first-order chi connectivity index (χ1) is 29.3. The smallest absolute Gasteiger partial charge is 0.329 e. The van der Waals surface area contributed by atoms with Gasteiger partial charge in [-0.3, -0.25) is 9.78 Å². The van der Waals surface area contributed by atoms with Crippen molar-refractivity contribution in [1.29, 1.82) is 0 Å². The minimum Gasteiger partial charge on any atom is -0.493 e. The molecule has 1 heterocycles. The lowest BCUT2D eigenvalue weighted by Gasteiger charge is -2.47. The summed E-state index contributed by atoms with van der Waals surface area (Å²) in [6.07, 6.45) is 10.2. The van der Waals surface area contributed by atoms with Gasteiger partial charge < -0.3 is 30.3 Å². The number of carbonyl (C=O) groups excluding carboxylic acids is 1. The molecule has 324 valence electrons. The van der Waals surface area contributed by atoms with E-state index in [0.717, 1.165) is 49.1 Å². The van der Waals surface area contributed by atoms with Gasteiger partial charge in [-0.2, -0.15) is 0 Å². The van der Waals surface area contributed by atoms with Gasteiger partial charge in [0, 0.05) is 34.6 Å². The van der Waals surface area contributed by atoms with Crippen LogP contribution in [0.4, 0.5) is 5.69 Å². The van der Waals surface area contributed by atoms with Crippen molar-refractivity contribution in [2.75, 3.05) is 18.5 Å². The molecule has 5 atom stereocenters. The maximum atomic E-state index is 13.1. The Morgan fingerprint density at radius 2 is 1.69 bits per heavy atom. The van der Waals surface area contributed by atoms with Gasteiger partial charge in [-0.15, -0.1) is 0 Å². The summed E-state index contributed by atoms with van der Waals surface area (Å²) in [6, 6.07) is 24.2. The third kappa shape index (κ3) is 10.3. The topological polar surface area (TPSA) is 147 Å². The molecule has 7 rings (SSSR count). The van der Waals surface area contributed by atoms with E-state index in [-0.39, 0.29) is 42.1 Å². The Labute approximate surface area is 364 Å². The highest BCUT2D eigenvalue weighted by Gasteiger charge is 2.54. The van der Waals surface area contributed by atoms with E-state index in [9.17, 15) is 24.6 Å². The van der Waals surface area contributed by atoms with Gasteiger partial charge in [0.25, 0.3) is 0 Å². The molecule has 1 aromatic heterocycles. The predicted molar refractivity (Wildman–Crippen MR) is 238 cm³/mol. The zero-order valence-electron chi connectivity index (χ0n) is 35.6. The van der Waals surface area contributed by atoms with Crippen LogP contribution in [0.3, 0.4) is 0 Å². The monoisotopic (exact) mass is 849 g/mol. The second-order valence-corrected chi connectivity index (χ2v) is 18.6. The van der Waals surface area contributed by atoms with Crippen molar-refractivity contribution in [3.63, 3.8) is 0 Å². The van der Waals surface area contributed by atoms with Crippen molar-refractivity contribution >= 4 is 35.1 Å². The zero-order chi connectivity index (χ0) is 43.1. The molecule has 4 aromatic rings. The van der Waals surface area contributed by atoms with Crippen molar-refractivity contribution < 1.29 is 34.1 Å². The average molecular weight is 850 g/mol. The van der Waals surface area contributed by atoms with E-state index in [1.165, 1.54) is 16.7 Å². The fraction of sp³-hybridized carbons (Fsp3) is 0.480. The van der Waals surface area contributed by atoms with Crippen LogP contribution in [0.2, 0.25) is 5.02 Å². The molecule has 1 saturated carbocycles. The highest BCUT2D eigenvalue weighted by Crippen LogP contribution is 2.57. The molecule has 0 saturated heterocycles. The lowest BCUT2D eigenvalue weighted by Crippen LogP contribution is -2.53. The van der Waals surface area contributed by atoms with E-state index in [0.29, 0.717) is 67.5 Å². The van der Waals surface area contributed by atoms with Crippen LogP contribution in [-0.2, 0) is 39.1 Å². The van der Waals surface area contributed by atoms with Crippen LogP contribution in [0.15, 0.2) is 85.1 Å². The average Bonchev–Trinajstić information content (AvgIpc) is 3.52. The maximum Gasteiger partial charge on any atom is 0.329 e. The lowest BCUT2D eigenvalue weighted by atomic mass is 9.59. The molecule has 61 heavy (non-hydrogen) atoms. The molecule has 3 aliphatic carbocycles. The highest BCUT2D eigenvalue weighted by molar-refractivity contribution is 6.30. The Morgan fingerprint density at radius 1 is 0.918 bits per heavy atom. The largest absolute Gasteiger partial charge is 0.493 e. The molecular formula is C50H60ClN3O7. The SMILES string of the molecule is CC(COc1ccc2c(c1)C1(CCC(Nc3cccc(Cl)c3)(C(=O)O)CC1)C(C[C@@H](C)COc1ccnc3c1[C@H](C)CCC3)C2)CC(=O)N[C@H](CCc1ccccc1)C(=O)O. The number of hydrogen-bond acceptors (Lipinski definition) is 7. The fourth-order valence-corrected chi connectivity index (χ4v) is 10.4. The first-order valence-corrected chi connectivity index (χ1v) is 22.4. The number of carbonyl (C=O) groups is 3. The van der Waals surface area contributed by atoms with Crippen LogP contribution in [-0.4, -0.2) is 57.8 Å². The standard InChI is InChI=1S/C50H60ClN3O7/c1-32(31-61-44-19-24-52-42-14-7-9-34(3)46(42)44)25-37-27-36-16-17-40(60-30-33(2)26-45(55)53-43(47(56)57)18-15-35-10-5-4-6-11-35)29-41(36)49(37)20-22-50(23-21-49,48(58)59)54-39-13-8-12-38(51)28-39/h4-6,8,10-13,16-17,19,24,28-29,32-34,37,43,54H,7,9,14-15,18,20-23,25-27,30-31H2,1-3H3,(H,53,55)(H,56,57)(H,58,59)/t32-,33?,34-,37?,43-,49?,50?/m1/s1. The number of pyridine rings is 1. The molecule has 11 heteroatoms. The number of halogens is 1. The molecule has 0 bridgehead atoms. The van der Waals surface area contributed by atoms with Crippen LogP contribution >= 0.6 is 11.6 Å². The molecule has 2 unspecified atom stereocenters. The van der Waals surface area contributed by atoms with Gasteiger partial charge in [-0.1, -0.05) is 74.8 Å². The van der Waals surface area contributed by atoms with Gasteiger partial charge in [-0.25, -0.2) is 9.59 Å². The van der Waals surface area contributed by atoms with Gasteiger partial charge in [0.05, 0.1) is 13.2 Å². The van der Waals surface area contributed by atoms with Crippen molar-refractivity contribution in [3.8, 4) is 11.5 Å². The number of benzene rings is 3. The van der Waals surface area contributed by atoms with Gasteiger partial charge in [-0.05, 0) is 153 Å². The van der Waals surface area contributed by atoms with E-state index in [1.807, 2.05) is 67.7 Å². The number of carboxylic acid groups (broad SMARTS) is 2. The quantitative estimate of drug-likeness (QED) is 0.0769. The zero-order valence-corrected chi connectivity index (χ0v) is 36.4. The summed E-state index contributed by atoms with van der Waals surface area (Å²) in [4.78, 5) is 42.8. The first-order valence-electron chi connectivity index (χ1n) is 22.0. The molecular weight excluding hydrogens is 790 g/mol. The minimum atomic E-state index is -1.14. The molecule has 0 aliphatic heterocycles. The molecule has 1 fully saturated rings. The summed E-state index contributed by atoms with van der Waals surface area (Å²) < 4.78 is 13.0. The number of aromatic nitrogens is 1. The van der Waals surface area contributed by atoms with E-state index >= 15 is 0 Å². The van der Waals surface area contributed by atoms with E-state index in [4.69, 9.17) is 21.1 Å². The number of anilines is 1. The Balaban J connectivity index is 1.04. The van der Waals surface area contributed by atoms with Crippen molar-refractivity contribution in [1.82, 2.24) is 10.3 Å². The molecule has 3 aliphatic rings. The summed E-state index contributed by atoms with van der Waals surface area (Å²) in [6.45, 7) is 7.31. The van der Waals surface area contributed by atoms with Crippen LogP contribution in [0.25, 0.3) is 0 Å². The second kappa shape index (κ2) is 19.3. The van der Waals surface area contributed by atoms with Crippen molar-refractivity contribution in [2.45, 2.75) is 121 Å². The Morgan fingerprint density at radius 3 is 2.43 bits per heavy atom.